The topological polar surface area (TPSA) is 122 Å². The van der Waals surface area contributed by atoms with Gasteiger partial charge in [0.2, 0.25) is 0 Å². The standard InChI is InChI=1S/C23H31N3O6S/c1-14-17(10-12-27)33-20(24-14)19(26-13-15(21(29)30)8-9-18(26)28)16-7-5-6-11-25(16)22(31)32-23(2,3)4/h8-9,13,16,19,27H,5-7,10-12H2,1-4H3,(H,29,30). The van der Waals surface area contributed by atoms with E-state index in [1.807, 2.05) is 6.92 Å². The minimum absolute atomic E-state index is 0.0249. The molecule has 9 nitrogen and oxygen atoms in total. The van der Waals surface area contributed by atoms with E-state index in [1.165, 1.54) is 34.2 Å². The van der Waals surface area contributed by atoms with Crippen LogP contribution in [0, 0.1) is 6.92 Å². The minimum Gasteiger partial charge on any atom is -0.478 e. The number of aliphatic hydroxyl groups is 1. The predicted octanol–water partition coefficient (Wildman–Crippen LogP) is 3.23. The third-order valence-electron chi connectivity index (χ3n) is 5.53. The van der Waals surface area contributed by atoms with Crippen LogP contribution < -0.4 is 5.56 Å². The number of rotatable bonds is 6. The molecule has 1 fully saturated rings. The molecule has 0 saturated carbocycles. The first-order valence-corrected chi connectivity index (χ1v) is 11.9. The van der Waals surface area contributed by atoms with Gasteiger partial charge in [-0.25, -0.2) is 14.6 Å². The van der Waals surface area contributed by atoms with Crippen LogP contribution in [0.3, 0.4) is 0 Å². The highest BCUT2D eigenvalue weighted by molar-refractivity contribution is 7.11. The van der Waals surface area contributed by atoms with Gasteiger partial charge in [-0.05, 0) is 53.0 Å². The van der Waals surface area contributed by atoms with Gasteiger partial charge in [0.05, 0.1) is 17.3 Å². The summed E-state index contributed by atoms with van der Waals surface area (Å²) in [7, 11) is 0. The molecule has 0 spiro atoms. The number of carbonyl (C=O) groups is 2. The number of carboxylic acids is 1. The molecule has 10 heteroatoms. The van der Waals surface area contributed by atoms with Gasteiger partial charge in [0, 0.05) is 36.7 Å². The van der Waals surface area contributed by atoms with Crippen molar-refractivity contribution in [3.63, 3.8) is 0 Å². The maximum atomic E-state index is 13.1. The summed E-state index contributed by atoms with van der Waals surface area (Å²) in [6, 6.07) is 1.38. The fraction of sp³-hybridized carbons (Fsp3) is 0.565. The zero-order chi connectivity index (χ0) is 24.3. The highest BCUT2D eigenvalue weighted by Crippen LogP contribution is 2.35. The molecule has 2 aromatic rings. The summed E-state index contributed by atoms with van der Waals surface area (Å²) in [5.74, 6) is -1.15. The zero-order valence-electron chi connectivity index (χ0n) is 19.4. The Kier molecular flexibility index (Phi) is 7.58. The number of aromatic carboxylic acids is 1. The molecule has 0 bridgehead atoms. The van der Waals surface area contributed by atoms with Gasteiger partial charge in [-0.15, -0.1) is 11.3 Å². The van der Waals surface area contributed by atoms with Crippen molar-refractivity contribution in [2.75, 3.05) is 13.2 Å². The molecule has 3 heterocycles. The average molecular weight is 478 g/mol. The van der Waals surface area contributed by atoms with Crippen molar-refractivity contribution in [2.45, 2.75) is 71.1 Å². The zero-order valence-corrected chi connectivity index (χ0v) is 20.2. The van der Waals surface area contributed by atoms with Gasteiger partial charge < -0.3 is 24.4 Å². The number of pyridine rings is 1. The van der Waals surface area contributed by atoms with Crippen LogP contribution in [0.5, 0.6) is 0 Å². The highest BCUT2D eigenvalue weighted by Gasteiger charge is 2.39. The van der Waals surface area contributed by atoms with E-state index >= 15 is 0 Å². The number of carboxylic acid groups (broad SMARTS) is 1. The largest absolute Gasteiger partial charge is 0.478 e. The Balaban J connectivity index is 2.15. The molecule has 1 aliphatic rings. The molecule has 2 unspecified atom stereocenters. The molecule has 3 rings (SSSR count). The molecule has 33 heavy (non-hydrogen) atoms. The van der Waals surface area contributed by atoms with Crippen LogP contribution in [0.15, 0.2) is 23.1 Å². The van der Waals surface area contributed by atoms with Gasteiger partial charge in [-0.3, -0.25) is 4.79 Å². The van der Waals surface area contributed by atoms with Gasteiger partial charge in [0.15, 0.2) is 0 Å². The lowest BCUT2D eigenvalue weighted by Crippen LogP contribution is -2.51. The maximum Gasteiger partial charge on any atom is 0.410 e. The van der Waals surface area contributed by atoms with E-state index in [0.717, 1.165) is 23.4 Å². The van der Waals surface area contributed by atoms with E-state index in [-0.39, 0.29) is 17.7 Å². The van der Waals surface area contributed by atoms with Crippen LogP contribution in [-0.2, 0) is 11.2 Å². The molecule has 0 radical (unpaired) electrons. The Morgan fingerprint density at radius 2 is 2.03 bits per heavy atom. The fourth-order valence-electron chi connectivity index (χ4n) is 4.06. The molecular formula is C23H31N3O6S. The number of aliphatic hydroxyl groups excluding tert-OH is 1. The third kappa shape index (κ3) is 5.80. The first kappa shape index (κ1) is 24.9. The second-order valence-electron chi connectivity index (χ2n) is 9.18. The van der Waals surface area contributed by atoms with Crippen molar-refractivity contribution >= 4 is 23.4 Å². The normalized spacial score (nSPS) is 17.6. The van der Waals surface area contributed by atoms with Crippen molar-refractivity contribution in [3.05, 3.63) is 49.8 Å². The number of aromatic nitrogens is 2. The summed E-state index contributed by atoms with van der Waals surface area (Å²) in [6.07, 6.45) is 3.55. The first-order valence-electron chi connectivity index (χ1n) is 11.0. The minimum atomic E-state index is -1.15. The molecule has 2 aromatic heterocycles. The first-order chi connectivity index (χ1) is 15.5. The fourth-order valence-corrected chi connectivity index (χ4v) is 5.27. The second kappa shape index (κ2) is 10.0. The van der Waals surface area contributed by atoms with Gasteiger partial charge >= 0.3 is 12.1 Å². The SMILES string of the molecule is Cc1nc(C(C2CCCCN2C(=O)OC(C)(C)C)n2cc(C(=O)O)ccc2=O)sc1CCO. The Bertz CT molecular complexity index is 1070. The van der Waals surface area contributed by atoms with Crippen LogP contribution in [0.4, 0.5) is 4.79 Å². The Labute approximate surface area is 196 Å². The lowest BCUT2D eigenvalue weighted by atomic mass is 9.95. The molecule has 1 saturated heterocycles. The Morgan fingerprint density at radius 3 is 2.67 bits per heavy atom. The van der Waals surface area contributed by atoms with Gasteiger partial charge in [0.1, 0.15) is 16.7 Å². The lowest BCUT2D eigenvalue weighted by molar-refractivity contribution is 0.00460. The van der Waals surface area contributed by atoms with Crippen molar-refractivity contribution in [3.8, 4) is 0 Å². The molecule has 2 N–H and O–H groups in total. The Morgan fingerprint density at radius 1 is 1.30 bits per heavy atom. The van der Waals surface area contributed by atoms with E-state index in [0.29, 0.717) is 24.4 Å². The third-order valence-corrected chi connectivity index (χ3v) is 6.82. The highest BCUT2D eigenvalue weighted by atomic mass is 32.1. The van der Waals surface area contributed by atoms with Crippen LogP contribution in [0.25, 0.3) is 0 Å². The number of piperidine rings is 1. The van der Waals surface area contributed by atoms with E-state index in [9.17, 15) is 24.6 Å². The quantitative estimate of drug-likeness (QED) is 0.655. The number of likely N-dealkylation sites (tertiary alicyclic amines) is 1. The number of carbonyl (C=O) groups excluding carboxylic acids is 1. The van der Waals surface area contributed by atoms with Crippen molar-refractivity contribution in [1.82, 2.24) is 14.5 Å². The summed E-state index contributed by atoms with van der Waals surface area (Å²) in [5, 5.41) is 19.5. The molecular weight excluding hydrogens is 446 g/mol. The number of nitrogens with zero attached hydrogens (tertiary/aromatic N) is 3. The molecule has 1 aliphatic heterocycles. The van der Waals surface area contributed by atoms with Crippen molar-refractivity contribution in [2.24, 2.45) is 0 Å². The second-order valence-corrected chi connectivity index (χ2v) is 10.3. The number of ether oxygens (including phenoxy) is 1. The summed E-state index contributed by atoms with van der Waals surface area (Å²) < 4.78 is 7.02. The van der Waals surface area contributed by atoms with Crippen molar-refractivity contribution in [1.29, 1.82) is 0 Å². The molecule has 0 aliphatic carbocycles. The maximum absolute atomic E-state index is 13.1. The monoisotopic (exact) mass is 477 g/mol. The summed E-state index contributed by atoms with van der Waals surface area (Å²) in [4.78, 5) is 44.9. The lowest BCUT2D eigenvalue weighted by Gasteiger charge is -2.40. The number of hydrogen-bond donors (Lipinski definition) is 2. The van der Waals surface area contributed by atoms with Gasteiger partial charge in [-0.1, -0.05) is 0 Å². The molecule has 0 aromatic carbocycles. The van der Waals surface area contributed by atoms with E-state index in [2.05, 4.69) is 4.98 Å². The number of hydrogen-bond acceptors (Lipinski definition) is 7. The van der Waals surface area contributed by atoms with Crippen molar-refractivity contribution < 1.29 is 24.5 Å². The van der Waals surface area contributed by atoms with E-state index in [1.54, 1.807) is 25.7 Å². The van der Waals surface area contributed by atoms with Crippen LogP contribution >= 0.6 is 11.3 Å². The summed E-state index contributed by atoms with van der Waals surface area (Å²) in [6.45, 7) is 7.67. The van der Waals surface area contributed by atoms with Gasteiger partial charge in [0.25, 0.3) is 5.56 Å². The number of aryl methyl sites for hydroxylation is 1. The predicted molar refractivity (Wildman–Crippen MR) is 124 cm³/mol. The summed E-state index contributed by atoms with van der Waals surface area (Å²) in [5.41, 5.74) is -0.337. The smallest absolute Gasteiger partial charge is 0.410 e. The van der Waals surface area contributed by atoms with Crippen LogP contribution in [0.2, 0.25) is 0 Å². The number of amides is 1. The van der Waals surface area contributed by atoms with Crippen LogP contribution in [-0.4, -0.2) is 61.5 Å². The average Bonchev–Trinajstić information content (AvgIpc) is 3.08. The molecule has 180 valence electrons. The molecule has 1 amide bonds. The Hall–Kier alpha value is -2.72. The molecule has 2 atom stereocenters. The van der Waals surface area contributed by atoms with Gasteiger partial charge in [-0.2, -0.15) is 0 Å². The van der Waals surface area contributed by atoms with E-state index in [4.69, 9.17) is 4.74 Å². The summed E-state index contributed by atoms with van der Waals surface area (Å²) >= 11 is 1.37. The number of thiazole rings is 1. The van der Waals surface area contributed by atoms with Crippen LogP contribution in [0.1, 0.15) is 72.0 Å². The van der Waals surface area contributed by atoms with E-state index < -0.39 is 29.7 Å².